The van der Waals surface area contributed by atoms with Crippen molar-refractivity contribution in [2.75, 3.05) is 13.2 Å². The molecule has 2 aromatic rings. The van der Waals surface area contributed by atoms with Gasteiger partial charge in [-0.25, -0.2) is 0 Å². The number of nitrogens with one attached hydrogen (secondary N) is 1. The molecule has 1 aliphatic rings. The van der Waals surface area contributed by atoms with Crippen LogP contribution >= 0.6 is 0 Å². The van der Waals surface area contributed by atoms with Gasteiger partial charge in [0.2, 0.25) is 0 Å². The topological polar surface area (TPSA) is 47.6 Å². The van der Waals surface area contributed by atoms with Crippen LogP contribution in [0.1, 0.15) is 44.1 Å². The number of ether oxygens (including phenoxy) is 2. The Kier molecular flexibility index (Phi) is 6.53. The van der Waals surface area contributed by atoms with Gasteiger partial charge in [-0.05, 0) is 68.4 Å². The van der Waals surface area contributed by atoms with Crippen molar-refractivity contribution in [3.05, 3.63) is 60.2 Å². The van der Waals surface area contributed by atoms with Crippen molar-refractivity contribution in [3.63, 3.8) is 0 Å². The van der Waals surface area contributed by atoms with E-state index in [1.165, 1.54) is 5.56 Å². The average molecular weight is 353 g/mol. The zero-order chi connectivity index (χ0) is 18.2. The molecule has 0 radical (unpaired) electrons. The molecule has 0 unspecified atom stereocenters. The van der Waals surface area contributed by atoms with Crippen LogP contribution in [0.5, 0.6) is 11.5 Å². The van der Waals surface area contributed by atoms with Gasteiger partial charge in [0.15, 0.2) is 6.61 Å². The van der Waals surface area contributed by atoms with Crippen LogP contribution in [-0.2, 0) is 4.79 Å². The predicted octanol–water partition coefficient (Wildman–Crippen LogP) is 4.31. The first-order chi connectivity index (χ1) is 12.7. The van der Waals surface area contributed by atoms with E-state index >= 15 is 0 Å². The molecule has 1 N–H and O–H groups in total. The van der Waals surface area contributed by atoms with Crippen LogP contribution in [0, 0.1) is 0 Å². The standard InChI is InChI=1S/C22H27NO3/c1-2-25-20-12-14-21(15-13-20)26-16-22(24)23-19-10-8-18(9-11-19)17-6-4-3-5-7-17/h3-7,12-15,18-19H,2,8-11,16H2,1H3,(H,23,24). The first-order valence-corrected chi connectivity index (χ1v) is 9.44. The number of benzene rings is 2. The fourth-order valence-corrected chi connectivity index (χ4v) is 3.51. The highest BCUT2D eigenvalue weighted by Crippen LogP contribution is 2.32. The van der Waals surface area contributed by atoms with Gasteiger partial charge in [0.25, 0.3) is 5.91 Å². The molecular formula is C22H27NO3. The Morgan fingerprint density at radius 1 is 0.923 bits per heavy atom. The van der Waals surface area contributed by atoms with E-state index in [9.17, 15) is 4.79 Å². The fourth-order valence-electron chi connectivity index (χ4n) is 3.51. The van der Waals surface area contributed by atoms with Gasteiger partial charge < -0.3 is 14.8 Å². The Balaban J connectivity index is 1.39. The predicted molar refractivity (Wildman–Crippen MR) is 103 cm³/mol. The highest BCUT2D eigenvalue weighted by atomic mass is 16.5. The molecule has 0 atom stereocenters. The maximum absolute atomic E-state index is 12.1. The Bertz CT molecular complexity index is 676. The monoisotopic (exact) mass is 353 g/mol. The van der Waals surface area contributed by atoms with Crippen LogP contribution in [0.25, 0.3) is 0 Å². The molecule has 0 saturated heterocycles. The summed E-state index contributed by atoms with van der Waals surface area (Å²) in [6.07, 6.45) is 4.28. The molecule has 1 saturated carbocycles. The third-order valence-electron chi connectivity index (χ3n) is 4.87. The quantitative estimate of drug-likeness (QED) is 0.807. The third-order valence-corrected chi connectivity index (χ3v) is 4.87. The van der Waals surface area contributed by atoms with Gasteiger partial charge in [0.05, 0.1) is 6.61 Å². The summed E-state index contributed by atoms with van der Waals surface area (Å²) in [5.41, 5.74) is 1.41. The SMILES string of the molecule is CCOc1ccc(OCC(=O)NC2CCC(c3ccccc3)CC2)cc1. The molecular weight excluding hydrogens is 326 g/mol. The van der Waals surface area contributed by atoms with Crippen LogP contribution in [0.2, 0.25) is 0 Å². The number of hydrogen-bond donors (Lipinski definition) is 1. The van der Waals surface area contributed by atoms with E-state index in [-0.39, 0.29) is 18.6 Å². The fraction of sp³-hybridized carbons (Fsp3) is 0.409. The Hall–Kier alpha value is -2.49. The molecule has 138 valence electrons. The molecule has 2 aromatic carbocycles. The summed E-state index contributed by atoms with van der Waals surface area (Å²) in [5.74, 6) is 2.04. The van der Waals surface area contributed by atoms with E-state index in [2.05, 4.69) is 35.6 Å². The second-order valence-corrected chi connectivity index (χ2v) is 6.72. The number of hydrogen-bond acceptors (Lipinski definition) is 3. The molecule has 26 heavy (non-hydrogen) atoms. The summed E-state index contributed by atoms with van der Waals surface area (Å²) in [6, 6.07) is 18.3. The van der Waals surface area contributed by atoms with Crippen molar-refractivity contribution in [3.8, 4) is 11.5 Å². The van der Waals surface area contributed by atoms with Crippen molar-refractivity contribution in [1.29, 1.82) is 0 Å². The van der Waals surface area contributed by atoms with Crippen molar-refractivity contribution < 1.29 is 14.3 Å². The molecule has 1 amide bonds. The van der Waals surface area contributed by atoms with Gasteiger partial charge in [0, 0.05) is 6.04 Å². The first kappa shape index (κ1) is 18.3. The molecule has 0 aromatic heterocycles. The number of rotatable bonds is 7. The molecule has 1 aliphatic carbocycles. The second kappa shape index (κ2) is 9.27. The van der Waals surface area contributed by atoms with Gasteiger partial charge in [-0.1, -0.05) is 30.3 Å². The maximum atomic E-state index is 12.1. The van der Waals surface area contributed by atoms with E-state index in [0.717, 1.165) is 31.4 Å². The molecule has 1 fully saturated rings. The van der Waals surface area contributed by atoms with Crippen molar-refractivity contribution in [1.82, 2.24) is 5.32 Å². The van der Waals surface area contributed by atoms with Crippen LogP contribution in [-0.4, -0.2) is 25.2 Å². The molecule has 4 heteroatoms. The van der Waals surface area contributed by atoms with Gasteiger partial charge in [-0.15, -0.1) is 0 Å². The molecule has 0 bridgehead atoms. The summed E-state index contributed by atoms with van der Waals surface area (Å²) in [7, 11) is 0. The summed E-state index contributed by atoms with van der Waals surface area (Å²) in [6.45, 7) is 2.63. The Morgan fingerprint density at radius 2 is 1.54 bits per heavy atom. The number of carbonyl (C=O) groups excluding carboxylic acids is 1. The zero-order valence-electron chi connectivity index (χ0n) is 15.3. The van der Waals surface area contributed by atoms with Gasteiger partial charge >= 0.3 is 0 Å². The van der Waals surface area contributed by atoms with E-state index in [1.807, 2.05) is 31.2 Å². The van der Waals surface area contributed by atoms with Crippen molar-refractivity contribution >= 4 is 5.91 Å². The number of carbonyl (C=O) groups is 1. The molecule has 0 heterocycles. The third kappa shape index (κ3) is 5.25. The van der Waals surface area contributed by atoms with Crippen LogP contribution in [0.15, 0.2) is 54.6 Å². The molecule has 4 nitrogen and oxygen atoms in total. The van der Waals surface area contributed by atoms with Crippen LogP contribution in [0.4, 0.5) is 0 Å². The Labute approximate surface area is 155 Å². The normalized spacial score (nSPS) is 19.6. The van der Waals surface area contributed by atoms with E-state index in [0.29, 0.717) is 18.3 Å². The summed E-state index contributed by atoms with van der Waals surface area (Å²) < 4.78 is 11.0. The summed E-state index contributed by atoms with van der Waals surface area (Å²) >= 11 is 0. The number of amides is 1. The van der Waals surface area contributed by atoms with Crippen molar-refractivity contribution in [2.24, 2.45) is 0 Å². The van der Waals surface area contributed by atoms with Gasteiger partial charge in [0.1, 0.15) is 11.5 Å². The van der Waals surface area contributed by atoms with Gasteiger partial charge in [-0.2, -0.15) is 0 Å². The van der Waals surface area contributed by atoms with Crippen LogP contribution in [0.3, 0.4) is 0 Å². The lowest BCUT2D eigenvalue weighted by atomic mass is 9.82. The lowest BCUT2D eigenvalue weighted by molar-refractivity contribution is -0.124. The minimum atomic E-state index is -0.0537. The summed E-state index contributed by atoms with van der Waals surface area (Å²) in [5, 5.41) is 3.10. The molecule has 0 spiro atoms. The minimum Gasteiger partial charge on any atom is -0.494 e. The van der Waals surface area contributed by atoms with E-state index in [1.54, 1.807) is 0 Å². The van der Waals surface area contributed by atoms with E-state index < -0.39 is 0 Å². The molecule has 0 aliphatic heterocycles. The highest BCUT2D eigenvalue weighted by molar-refractivity contribution is 5.77. The first-order valence-electron chi connectivity index (χ1n) is 9.44. The average Bonchev–Trinajstić information content (AvgIpc) is 2.69. The lowest BCUT2D eigenvalue weighted by Crippen LogP contribution is -2.39. The van der Waals surface area contributed by atoms with Crippen LogP contribution < -0.4 is 14.8 Å². The smallest absolute Gasteiger partial charge is 0.258 e. The zero-order valence-corrected chi connectivity index (χ0v) is 15.3. The van der Waals surface area contributed by atoms with Crippen molar-refractivity contribution in [2.45, 2.75) is 44.6 Å². The maximum Gasteiger partial charge on any atom is 0.258 e. The summed E-state index contributed by atoms with van der Waals surface area (Å²) in [4.78, 5) is 12.1. The lowest BCUT2D eigenvalue weighted by Gasteiger charge is -2.29. The van der Waals surface area contributed by atoms with E-state index in [4.69, 9.17) is 9.47 Å². The minimum absolute atomic E-state index is 0.0482. The Morgan fingerprint density at radius 3 is 2.15 bits per heavy atom. The largest absolute Gasteiger partial charge is 0.494 e. The second-order valence-electron chi connectivity index (χ2n) is 6.72. The highest BCUT2D eigenvalue weighted by Gasteiger charge is 2.23. The van der Waals surface area contributed by atoms with Gasteiger partial charge in [-0.3, -0.25) is 4.79 Å². The molecule has 3 rings (SSSR count).